The van der Waals surface area contributed by atoms with Crippen molar-refractivity contribution in [3.63, 3.8) is 0 Å². The maximum Gasteiger partial charge on any atom is 0.336 e. The molecule has 27 heavy (non-hydrogen) atoms. The monoisotopic (exact) mass is 381 g/mol. The van der Waals surface area contributed by atoms with Crippen LogP contribution < -0.4 is 4.72 Å². The van der Waals surface area contributed by atoms with Crippen molar-refractivity contribution in [2.75, 3.05) is 4.72 Å². The Morgan fingerprint density at radius 2 is 1.78 bits per heavy atom. The summed E-state index contributed by atoms with van der Waals surface area (Å²) in [6, 6.07) is 15.6. The van der Waals surface area contributed by atoms with Crippen LogP contribution in [-0.2, 0) is 10.0 Å². The summed E-state index contributed by atoms with van der Waals surface area (Å²) < 4.78 is 27.2. The molecule has 0 fully saturated rings. The molecule has 1 heterocycles. The number of benzene rings is 2. The predicted octanol–water partition coefficient (Wildman–Crippen LogP) is 3.33. The summed E-state index contributed by atoms with van der Waals surface area (Å²) in [5, 5.41) is 9.17. The number of carboxylic acid groups (broad SMARTS) is 1. The van der Waals surface area contributed by atoms with Gasteiger partial charge in [-0.05, 0) is 42.5 Å². The van der Waals surface area contributed by atoms with Gasteiger partial charge in [-0.3, -0.25) is 14.7 Å². The van der Waals surface area contributed by atoms with Crippen molar-refractivity contribution in [3.05, 3.63) is 84.2 Å². The molecule has 0 saturated heterocycles. The van der Waals surface area contributed by atoms with Crippen LogP contribution in [0.25, 0.3) is 0 Å². The minimum Gasteiger partial charge on any atom is -0.478 e. The van der Waals surface area contributed by atoms with E-state index in [-0.39, 0.29) is 10.5 Å². The van der Waals surface area contributed by atoms with Gasteiger partial charge in [0.2, 0.25) is 0 Å². The average Bonchev–Trinajstić information content (AvgIpc) is 2.67. The van der Waals surface area contributed by atoms with Crippen LogP contribution in [-0.4, -0.2) is 30.7 Å². The van der Waals surface area contributed by atoms with Crippen molar-refractivity contribution < 1.29 is 18.3 Å². The summed E-state index contributed by atoms with van der Waals surface area (Å²) in [4.78, 5) is 19.4. The van der Waals surface area contributed by atoms with Crippen LogP contribution in [0.15, 0.2) is 82.9 Å². The molecular formula is C19H15N3O4S. The van der Waals surface area contributed by atoms with Gasteiger partial charge in [-0.1, -0.05) is 18.2 Å². The maximum atomic E-state index is 12.4. The van der Waals surface area contributed by atoms with Crippen LogP contribution in [0, 0.1) is 0 Å². The van der Waals surface area contributed by atoms with Gasteiger partial charge < -0.3 is 5.11 Å². The van der Waals surface area contributed by atoms with Crippen LogP contribution in [0.3, 0.4) is 0 Å². The Labute approximate surface area is 156 Å². The molecule has 136 valence electrons. The summed E-state index contributed by atoms with van der Waals surface area (Å²) >= 11 is 0. The number of anilines is 1. The number of hydrogen-bond acceptors (Lipinski definition) is 5. The fourth-order valence-corrected chi connectivity index (χ4v) is 3.34. The van der Waals surface area contributed by atoms with Crippen LogP contribution >= 0.6 is 0 Å². The highest BCUT2D eigenvalue weighted by Gasteiger charge is 2.14. The van der Waals surface area contributed by atoms with Crippen LogP contribution in [0.4, 0.5) is 11.4 Å². The highest BCUT2D eigenvalue weighted by atomic mass is 32.2. The molecule has 0 bridgehead atoms. The van der Waals surface area contributed by atoms with Gasteiger partial charge in [0.15, 0.2) is 0 Å². The number of carbonyl (C=O) groups is 1. The van der Waals surface area contributed by atoms with E-state index in [1.807, 2.05) is 0 Å². The topological polar surface area (TPSA) is 109 Å². The standard InChI is InChI=1S/C19H15N3O4S/c23-19(24)18-6-2-1-4-14(18)12-21-15-7-9-17(10-8-15)27(25,26)22-16-5-3-11-20-13-16/h1-13,22H,(H,23,24). The van der Waals surface area contributed by atoms with Gasteiger partial charge in [-0.15, -0.1) is 0 Å². The molecule has 0 aliphatic carbocycles. The highest BCUT2D eigenvalue weighted by Crippen LogP contribution is 2.19. The molecule has 7 nitrogen and oxygen atoms in total. The number of rotatable bonds is 6. The second-order valence-corrected chi connectivity index (χ2v) is 7.17. The van der Waals surface area contributed by atoms with E-state index in [4.69, 9.17) is 0 Å². The lowest BCUT2D eigenvalue weighted by Crippen LogP contribution is -2.12. The first kappa shape index (κ1) is 18.3. The number of sulfonamides is 1. The van der Waals surface area contributed by atoms with E-state index in [0.717, 1.165) is 0 Å². The number of aromatic nitrogens is 1. The number of aromatic carboxylic acids is 1. The lowest BCUT2D eigenvalue weighted by Gasteiger charge is -2.07. The van der Waals surface area contributed by atoms with Crippen molar-refractivity contribution in [1.29, 1.82) is 0 Å². The number of aliphatic imine (C=N–C) groups is 1. The number of hydrogen-bond donors (Lipinski definition) is 2. The van der Waals surface area contributed by atoms with Crippen molar-refractivity contribution in [3.8, 4) is 0 Å². The molecule has 0 radical (unpaired) electrons. The van der Waals surface area contributed by atoms with Crippen molar-refractivity contribution in [2.24, 2.45) is 4.99 Å². The van der Waals surface area contributed by atoms with E-state index in [2.05, 4.69) is 14.7 Å². The summed E-state index contributed by atoms with van der Waals surface area (Å²) in [7, 11) is -3.73. The van der Waals surface area contributed by atoms with E-state index in [9.17, 15) is 18.3 Å². The first-order valence-electron chi connectivity index (χ1n) is 7.85. The smallest absolute Gasteiger partial charge is 0.336 e. The Morgan fingerprint density at radius 3 is 2.44 bits per heavy atom. The summed E-state index contributed by atoms with van der Waals surface area (Å²) in [6.45, 7) is 0. The fraction of sp³-hybridized carbons (Fsp3) is 0. The number of carboxylic acids is 1. The molecule has 0 amide bonds. The molecule has 1 aromatic heterocycles. The van der Waals surface area contributed by atoms with E-state index >= 15 is 0 Å². The predicted molar refractivity (Wildman–Crippen MR) is 102 cm³/mol. The minimum absolute atomic E-state index is 0.0799. The van der Waals surface area contributed by atoms with Gasteiger partial charge in [0.1, 0.15) is 0 Å². The average molecular weight is 381 g/mol. The van der Waals surface area contributed by atoms with Crippen LogP contribution in [0.2, 0.25) is 0 Å². The number of nitrogens with zero attached hydrogens (tertiary/aromatic N) is 2. The van der Waals surface area contributed by atoms with E-state index in [0.29, 0.717) is 16.9 Å². The number of nitrogens with one attached hydrogen (secondary N) is 1. The van der Waals surface area contributed by atoms with E-state index in [1.54, 1.807) is 36.5 Å². The zero-order valence-corrected chi connectivity index (χ0v) is 14.8. The van der Waals surface area contributed by atoms with E-state index < -0.39 is 16.0 Å². The minimum atomic E-state index is -3.73. The highest BCUT2D eigenvalue weighted by molar-refractivity contribution is 7.92. The first-order valence-corrected chi connectivity index (χ1v) is 9.33. The Morgan fingerprint density at radius 1 is 1.04 bits per heavy atom. The summed E-state index contributed by atoms with van der Waals surface area (Å²) in [6.07, 6.45) is 4.39. The zero-order chi connectivity index (χ0) is 19.3. The fourth-order valence-electron chi connectivity index (χ4n) is 2.30. The molecule has 0 unspecified atom stereocenters. The van der Waals surface area contributed by atoms with Gasteiger partial charge in [-0.2, -0.15) is 0 Å². The Bertz CT molecular complexity index is 1080. The van der Waals surface area contributed by atoms with Crippen molar-refractivity contribution in [1.82, 2.24) is 4.98 Å². The SMILES string of the molecule is O=C(O)c1ccccc1C=Nc1ccc(S(=O)(=O)Nc2cccnc2)cc1. The molecule has 3 rings (SSSR count). The van der Waals surface area contributed by atoms with Gasteiger partial charge in [0.05, 0.1) is 28.0 Å². The van der Waals surface area contributed by atoms with Gasteiger partial charge in [0, 0.05) is 18.0 Å². The molecule has 0 spiro atoms. The Hall–Kier alpha value is -3.52. The van der Waals surface area contributed by atoms with Crippen molar-refractivity contribution >= 4 is 33.6 Å². The third-order valence-electron chi connectivity index (χ3n) is 3.60. The molecular weight excluding hydrogens is 366 g/mol. The third kappa shape index (κ3) is 4.56. The third-order valence-corrected chi connectivity index (χ3v) is 5.00. The number of pyridine rings is 1. The van der Waals surface area contributed by atoms with Gasteiger partial charge in [-0.25, -0.2) is 13.2 Å². The Balaban J connectivity index is 1.79. The summed E-state index contributed by atoms with van der Waals surface area (Å²) in [5.74, 6) is -1.04. The lowest BCUT2D eigenvalue weighted by molar-refractivity contribution is 0.0696. The molecule has 0 aliphatic heterocycles. The molecule has 2 N–H and O–H groups in total. The summed E-state index contributed by atoms with van der Waals surface area (Å²) in [5.41, 5.74) is 1.46. The van der Waals surface area contributed by atoms with Crippen molar-refractivity contribution in [2.45, 2.75) is 4.90 Å². The zero-order valence-electron chi connectivity index (χ0n) is 14.0. The molecule has 2 aromatic carbocycles. The second-order valence-electron chi connectivity index (χ2n) is 5.49. The molecule has 0 aliphatic rings. The van der Waals surface area contributed by atoms with E-state index in [1.165, 1.54) is 42.7 Å². The lowest BCUT2D eigenvalue weighted by atomic mass is 10.1. The second kappa shape index (κ2) is 7.79. The normalized spacial score (nSPS) is 11.4. The largest absolute Gasteiger partial charge is 0.478 e. The molecule has 0 saturated carbocycles. The quantitative estimate of drug-likeness (QED) is 0.637. The van der Waals surface area contributed by atoms with Gasteiger partial charge >= 0.3 is 5.97 Å². The van der Waals surface area contributed by atoms with Crippen LogP contribution in [0.1, 0.15) is 15.9 Å². The maximum absolute atomic E-state index is 12.4. The molecule has 8 heteroatoms. The molecule has 3 aromatic rings. The Kier molecular flexibility index (Phi) is 5.28. The van der Waals surface area contributed by atoms with Gasteiger partial charge in [0.25, 0.3) is 10.0 Å². The van der Waals surface area contributed by atoms with Crippen LogP contribution in [0.5, 0.6) is 0 Å². The molecule has 0 atom stereocenters. The first-order chi connectivity index (χ1) is 13.0.